The molecule has 6 heteroatoms. The van der Waals surface area contributed by atoms with Crippen molar-refractivity contribution < 1.29 is 14.0 Å². The lowest BCUT2D eigenvalue weighted by Gasteiger charge is -2.32. The van der Waals surface area contributed by atoms with Gasteiger partial charge in [-0.05, 0) is 44.0 Å². The molecule has 2 N–H and O–H groups in total. The van der Waals surface area contributed by atoms with Crippen molar-refractivity contribution in [1.29, 1.82) is 0 Å². The van der Waals surface area contributed by atoms with Gasteiger partial charge in [0.15, 0.2) is 0 Å². The Morgan fingerprint density at radius 1 is 1.04 bits per heavy atom. The van der Waals surface area contributed by atoms with Crippen molar-refractivity contribution in [2.24, 2.45) is 0 Å². The molecule has 1 aliphatic heterocycles. The summed E-state index contributed by atoms with van der Waals surface area (Å²) >= 11 is 0. The molecule has 1 aliphatic rings. The molecule has 0 aromatic heterocycles. The molecule has 26 heavy (non-hydrogen) atoms. The van der Waals surface area contributed by atoms with Gasteiger partial charge in [-0.25, -0.2) is 9.18 Å². The van der Waals surface area contributed by atoms with Gasteiger partial charge in [0.1, 0.15) is 5.82 Å². The Morgan fingerprint density at radius 2 is 1.69 bits per heavy atom. The summed E-state index contributed by atoms with van der Waals surface area (Å²) in [6.45, 7) is 3.08. The van der Waals surface area contributed by atoms with E-state index in [2.05, 4.69) is 10.6 Å². The summed E-state index contributed by atoms with van der Waals surface area (Å²) in [4.78, 5) is 26.2. The fourth-order valence-corrected chi connectivity index (χ4v) is 2.97. The number of aryl methyl sites for hydroxylation is 1. The van der Waals surface area contributed by atoms with Gasteiger partial charge in [-0.3, -0.25) is 4.79 Å². The molecular weight excluding hydrogens is 333 g/mol. The highest BCUT2D eigenvalue weighted by Crippen LogP contribution is 2.15. The lowest BCUT2D eigenvalue weighted by Crippen LogP contribution is -2.47. The molecule has 0 aliphatic carbocycles. The van der Waals surface area contributed by atoms with Crippen molar-refractivity contribution in [2.75, 3.05) is 18.4 Å². The number of piperidine rings is 1. The molecule has 0 saturated carbocycles. The number of nitrogens with zero attached hydrogens (tertiary/aromatic N) is 1. The quantitative estimate of drug-likeness (QED) is 0.884. The minimum absolute atomic E-state index is 0.0482. The van der Waals surface area contributed by atoms with E-state index < -0.39 is 11.7 Å². The third-order valence-corrected chi connectivity index (χ3v) is 4.54. The smallest absolute Gasteiger partial charge is 0.321 e. The van der Waals surface area contributed by atoms with Gasteiger partial charge in [0.2, 0.25) is 0 Å². The molecule has 1 fully saturated rings. The molecule has 136 valence electrons. The van der Waals surface area contributed by atoms with Crippen LogP contribution in [0.4, 0.5) is 14.9 Å². The van der Waals surface area contributed by atoms with Crippen molar-refractivity contribution in [2.45, 2.75) is 25.8 Å². The maximum absolute atomic E-state index is 13.7. The molecule has 2 aromatic rings. The number of hydrogen-bond acceptors (Lipinski definition) is 2. The molecule has 0 bridgehead atoms. The molecule has 3 amide bonds. The zero-order valence-corrected chi connectivity index (χ0v) is 14.7. The molecule has 0 atom stereocenters. The highest BCUT2D eigenvalue weighted by atomic mass is 19.1. The van der Waals surface area contributed by atoms with Crippen LogP contribution in [0.1, 0.15) is 28.8 Å². The van der Waals surface area contributed by atoms with E-state index in [1.54, 1.807) is 17.0 Å². The van der Waals surface area contributed by atoms with E-state index in [1.807, 2.05) is 31.2 Å². The van der Waals surface area contributed by atoms with Crippen molar-refractivity contribution in [3.63, 3.8) is 0 Å². The van der Waals surface area contributed by atoms with E-state index in [0.29, 0.717) is 25.9 Å². The highest BCUT2D eigenvalue weighted by molar-refractivity contribution is 5.94. The number of benzene rings is 2. The number of likely N-dealkylation sites (tertiary alicyclic amines) is 1. The van der Waals surface area contributed by atoms with E-state index in [4.69, 9.17) is 0 Å². The maximum atomic E-state index is 13.7. The van der Waals surface area contributed by atoms with Gasteiger partial charge in [0, 0.05) is 24.8 Å². The number of halogens is 1. The van der Waals surface area contributed by atoms with Crippen LogP contribution in [-0.4, -0.2) is 36.0 Å². The number of urea groups is 1. The second-order valence-corrected chi connectivity index (χ2v) is 6.51. The lowest BCUT2D eigenvalue weighted by atomic mass is 10.0. The normalized spacial score (nSPS) is 14.8. The molecule has 0 radical (unpaired) electrons. The predicted octanol–water partition coefficient (Wildman–Crippen LogP) is 3.56. The van der Waals surface area contributed by atoms with Crippen LogP contribution in [0.25, 0.3) is 0 Å². The van der Waals surface area contributed by atoms with E-state index in [1.165, 1.54) is 12.1 Å². The summed E-state index contributed by atoms with van der Waals surface area (Å²) in [5, 5.41) is 5.73. The summed E-state index contributed by atoms with van der Waals surface area (Å²) in [5.41, 5.74) is 1.94. The molecule has 3 rings (SSSR count). The van der Waals surface area contributed by atoms with E-state index in [-0.39, 0.29) is 17.6 Å². The largest absolute Gasteiger partial charge is 0.349 e. The fraction of sp³-hybridized carbons (Fsp3) is 0.300. The van der Waals surface area contributed by atoms with Gasteiger partial charge in [-0.15, -0.1) is 0 Å². The lowest BCUT2D eigenvalue weighted by molar-refractivity contribution is 0.0915. The molecule has 1 heterocycles. The standard InChI is InChI=1S/C20H22FN3O2/c1-14-6-8-15(9-7-14)23-20(26)24-12-10-16(11-13-24)22-19(25)17-4-2-3-5-18(17)21/h2-9,16H,10-13H2,1H3,(H,22,25)(H,23,26). The molecule has 5 nitrogen and oxygen atoms in total. The zero-order valence-electron chi connectivity index (χ0n) is 14.7. The van der Waals surface area contributed by atoms with Gasteiger partial charge in [0.25, 0.3) is 5.91 Å². The molecular formula is C20H22FN3O2. The van der Waals surface area contributed by atoms with Crippen LogP contribution in [0.15, 0.2) is 48.5 Å². The summed E-state index contributed by atoms with van der Waals surface area (Å²) in [5.74, 6) is -0.939. The Morgan fingerprint density at radius 3 is 2.35 bits per heavy atom. The number of rotatable bonds is 3. The fourth-order valence-electron chi connectivity index (χ4n) is 2.97. The monoisotopic (exact) mass is 355 g/mol. The average molecular weight is 355 g/mol. The third kappa shape index (κ3) is 4.39. The van der Waals surface area contributed by atoms with Crippen molar-refractivity contribution in [3.05, 3.63) is 65.5 Å². The zero-order chi connectivity index (χ0) is 18.5. The van der Waals surface area contributed by atoms with Crippen LogP contribution in [-0.2, 0) is 0 Å². The van der Waals surface area contributed by atoms with Crippen LogP contribution < -0.4 is 10.6 Å². The van der Waals surface area contributed by atoms with Crippen molar-refractivity contribution >= 4 is 17.6 Å². The van der Waals surface area contributed by atoms with E-state index in [9.17, 15) is 14.0 Å². The van der Waals surface area contributed by atoms with Gasteiger partial charge < -0.3 is 15.5 Å². The topological polar surface area (TPSA) is 61.4 Å². The summed E-state index contributed by atoms with van der Waals surface area (Å²) < 4.78 is 13.7. The number of nitrogens with one attached hydrogen (secondary N) is 2. The second-order valence-electron chi connectivity index (χ2n) is 6.51. The van der Waals surface area contributed by atoms with Crippen LogP contribution in [0, 0.1) is 12.7 Å². The third-order valence-electron chi connectivity index (χ3n) is 4.54. The summed E-state index contributed by atoms with van der Waals surface area (Å²) in [7, 11) is 0. The Labute approximate surface area is 152 Å². The summed E-state index contributed by atoms with van der Waals surface area (Å²) in [6, 6.07) is 13.3. The first-order valence-electron chi connectivity index (χ1n) is 8.71. The Hall–Kier alpha value is -2.89. The Kier molecular flexibility index (Phi) is 5.51. The Balaban J connectivity index is 1.49. The Bertz CT molecular complexity index is 784. The second kappa shape index (κ2) is 7.99. The van der Waals surface area contributed by atoms with Gasteiger partial charge >= 0.3 is 6.03 Å². The molecule has 0 unspecified atom stereocenters. The van der Waals surface area contributed by atoms with Gasteiger partial charge in [0.05, 0.1) is 5.56 Å². The predicted molar refractivity (Wildman–Crippen MR) is 98.7 cm³/mol. The molecule has 1 saturated heterocycles. The first-order chi connectivity index (χ1) is 12.5. The average Bonchev–Trinajstić information content (AvgIpc) is 2.64. The number of anilines is 1. The molecule has 0 spiro atoms. The molecule has 2 aromatic carbocycles. The van der Waals surface area contributed by atoms with Crippen LogP contribution in [0.2, 0.25) is 0 Å². The van der Waals surface area contributed by atoms with Crippen molar-refractivity contribution in [3.8, 4) is 0 Å². The van der Waals surface area contributed by atoms with Gasteiger partial charge in [-0.1, -0.05) is 29.8 Å². The summed E-state index contributed by atoms with van der Waals surface area (Å²) in [6.07, 6.45) is 1.28. The van der Waals surface area contributed by atoms with Crippen LogP contribution in [0.5, 0.6) is 0 Å². The van der Waals surface area contributed by atoms with E-state index in [0.717, 1.165) is 11.3 Å². The SMILES string of the molecule is Cc1ccc(NC(=O)N2CCC(NC(=O)c3ccccc3F)CC2)cc1. The van der Waals surface area contributed by atoms with E-state index >= 15 is 0 Å². The van der Waals surface area contributed by atoms with Crippen LogP contribution in [0.3, 0.4) is 0 Å². The van der Waals surface area contributed by atoms with Crippen molar-refractivity contribution in [1.82, 2.24) is 10.2 Å². The minimum Gasteiger partial charge on any atom is -0.349 e. The van der Waals surface area contributed by atoms with Crippen LogP contribution >= 0.6 is 0 Å². The first kappa shape index (κ1) is 17.9. The maximum Gasteiger partial charge on any atom is 0.321 e. The number of carbonyl (C=O) groups excluding carboxylic acids is 2. The van der Waals surface area contributed by atoms with Gasteiger partial charge in [-0.2, -0.15) is 0 Å². The number of hydrogen-bond donors (Lipinski definition) is 2. The number of amides is 3. The first-order valence-corrected chi connectivity index (χ1v) is 8.71. The number of carbonyl (C=O) groups is 2. The highest BCUT2D eigenvalue weighted by Gasteiger charge is 2.24. The minimum atomic E-state index is -0.528.